The number of aromatic nitrogens is 3. The Labute approximate surface area is 134 Å². The third-order valence-electron chi connectivity index (χ3n) is 3.21. The van der Waals surface area contributed by atoms with Crippen LogP contribution in [0.3, 0.4) is 0 Å². The van der Waals surface area contributed by atoms with E-state index < -0.39 is 5.97 Å². The molecule has 1 aromatic carbocycles. The van der Waals surface area contributed by atoms with Crippen LogP contribution in [-0.4, -0.2) is 41.7 Å². The highest BCUT2D eigenvalue weighted by molar-refractivity contribution is 5.94. The van der Waals surface area contributed by atoms with Crippen molar-refractivity contribution in [3.8, 4) is 22.8 Å². The normalized spacial score (nSPS) is 10.4. The first-order valence-electron chi connectivity index (χ1n) is 7.60. The highest BCUT2D eigenvalue weighted by Crippen LogP contribution is 2.32. The maximum Gasteiger partial charge on any atom is 0.361 e. The molecular formula is C16H21N3O4. The summed E-state index contributed by atoms with van der Waals surface area (Å²) >= 11 is 0. The van der Waals surface area contributed by atoms with Gasteiger partial charge in [0.2, 0.25) is 0 Å². The summed E-state index contributed by atoms with van der Waals surface area (Å²) in [6.07, 6.45) is 2.03. The number of benzene rings is 1. The Hall–Kier alpha value is -2.57. The fourth-order valence-electron chi connectivity index (χ4n) is 2.03. The van der Waals surface area contributed by atoms with Gasteiger partial charge in [0.15, 0.2) is 17.2 Å². The first kappa shape index (κ1) is 16.8. The summed E-state index contributed by atoms with van der Waals surface area (Å²) in [5, 5.41) is 10.4. The average molecular weight is 319 g/mol. The van der Waals surface area contributed by atoms with Gasteiger partial charge in [0.1, 0.15) is 5.69 Å². The van der Waals surface area contributed by atoms with E-state index in [1.165, 1.54) is 0 Å². The van der Waals surface area contributed by atoms with E-state index in [9.17, 15) is 4.79 Å². The van der Waals surface area contributed by atoms with Gasteiger partial charge in [0, 0.05) is 5.56 Å². The molecule has 0 unspecified atom stereocenters. The van der Waals surface area contributed by atoms with Crippen LogP contribution in [0, 0.1) is 0 Å². The molecule has 1 aromatic heterocycles. The number of H-pyrrole nitrogens is 1. The Morgan fingerprint density at radius 2 is 2.04 bits per heavy atom. The van der Waals surface area contributed by atoms with E-state index >= 15 is 0 Å². The molecule has 0 spiro atoms. The highest BCUT2D eigenvalue weighted by atomic mass is 16.5. The lowest BCUT2D eigenvalue weighted by Crippen LogP contribution is -2.07. The average Bonchev–Trinajstić information content (AvgIpc) is 3.05. The Bertz CT molecular complexity index is 655. The van der Waals surface area contributed by atoms with Crippen molar-refractivity contribution in [1.29, 1.82) is 0 Å². The standard InChI is InChI=1S/C16H21N3O4/c1-4-6-9-23-12-8-7-11(10-13(12)21-3)14-15(18-19-17-14)16(20)22-5-2/h7-8,10H,4-6,9H2,1-3H3,(H,17,18,19). The number of unbranched alkanes of at least 4 members (excludes halogenated alkanes) is 1. The number of nitrogens with one attached hydrogen (secondary N) is 1. The molecule has 0 radical (unpaired) electrons. The van der Waals surface area contributed by atoms with Gasteiger partial charge in [0.05, 0.1) is 20.3 Å². The summed E-state index contributed by atoms with van der Waals surface area (Å²) in [4.78, 5) is 11.9. The molecule has 23 heavy (non-hydrogen) atoms. The number of methoxy groups -OCH3 is 1. The molecule has 0 saturated carbocycles. The molecule has 0 aliphatic carbocycles. The molecular weight excluding hydrogens is 298 g/mol. The van der Waals surface area contributed by atoms with Gasteiger partial charge < -0.3 is 14.2 Å². The molecule has 0 bridgehead atoms. The summed E-state index contributed by atoms with van der Waals surface area (Å²) in [6.45, 7) is 4.75. The minimum Gasteiger partial charge on any atom is -0.493 e. The minimum absolute atomic E-state index is 0.147. The third kappa shape index (κ3) is 4.00. The van der Waals surface area contributed by atoms with Crippen molar-refractivity contribution in [3.63, 3.8) is 0 Å². The van der Waals surface area contributed by atoms with E-state index in [1.807, 2.05) is 6.07 Å². The maximum atomic E-state index is 11.9. The first-order chi connectivity index (χ1) is 11.2. The van der Waals surface area contributed by atoms with Gasteiger partial charge in [-0.25, -0.2) is 4.79 Å². The van der Waals surface area contributed by atoms with Crippen LogP contribution >= 0.6 is 0 Å². The molecule has 0 aliphatic heterocycles. The van der Waals surface area contributed by atoms with Gasteiger partial charge in [-0.2, -0.15) is 10.3 Å². The zero-order valence-corrected chi connectivity index (χ0v) is 13.6. The fraction of sp³-hybridized carbons (Fsp3) is 0.438. The molecule has 7 nitrogen and oxygen atoms in total. The zero-order valence-electron chi connectivity index (χ0n) is 13.6. The minimum atomic E-state index is -0.515. The molecule has 124 valence electrons. The summed E-state index contributed by atoms with van der Waals surface area (Å²) in [7, 11) is 1.57. The number of hydrogen-bond donors (Lipinski definition) is 1. The summed E-state index contributed by atoms with van der Waals surface area (Å²) in [5.74, 6) is 0.723. The second-order valence-corrected chi connectivity index (χ2v) is 4.81. The smallest absolute Gasteiger partial charge is 0.361 e. The molecule has 1 heterocycles. The van der Waals surface area contributed by atoms with Crippen LogP contribution < -0.4 is 9.47 Å². The topological polar surface area (TPSA) is 86.3 Å². The Morgan fingerprint density at radius 1 is 1.22 bits per heavy atom. The molecule has 0 atom stereocenters. The quantitative estimate of drug-likeness (QED) is 0.595. The summed E-state index contributed by atoms with van der Waals surface area (Å²) in [5.41, 5.74) is 1.26. The lowest BCUT2D eigenvalue weighted by Gasteiger charge is -2.11. The van der Waals surface area contributed by atoms with E-state index in [0.717, 1.165) is 12.8 Å². The predicted molar refractivity (Wildman–Crippen MR) is 84.7 cm³/mol. The molecule has 7 heteroatoms. The molecule has 2 rings (SSSR count). The monoisotopic (exact) mass is 319 g/mol. The van der Waals surface area contributed by atoms with Crippen molar-refractivity contribution in [2.75, 3.05) is 20.3 Å². The Kier molecular flexibility index (Phi) is 5.96. The van der Waals surface area contributed by atoms with Gasteiger partial charge in [-0.1, -0.05) is 13.3 Å². The van der Waals surface area contributed by atoms with Gasteiger partial charge in [-0.15, -0.1) is 5.10 Å². The van der Waals surface area contributed by atoms with Crippen LogP contribution in [0.4, 0.5) is 0 Å². The third-order valence-corrected chi connectivity index (χ3v) is 3.21. The number of aromatic amines is 1. The highest BCUT2D eigenvalue weighted by Gasteiger charge is 2.20. The van der Waals surface area contributed by atoms with Gasteiger partial charge in [-0.05, 0) is 31.5 Å². The van der Waals surface area contributed by atoms with Crippen LogP contribution in [0.2, 0.25) is 0 Å². The van der Waals surface area contributed by atoms with E-state index in [-0.39, 0.29) is 12.3 Å². The first-order valence-corrected chi connectivity index (χ1v) is 7.60. The van der Waals surface area contributed by atoms with Crippen molar-refractivity contribution in [1.82, 2.24) is 15.4 Å². The molecule has 0 aliphatic rings. The van der Waals surface area contributed by atoms with Gasteiger partial charge >= 0.3 is 5.97 Å². The predicted octanol–water partition coefficient (Wildman–Crippen LogP) is 2.84. The van der Waals surface area contributed by atoms with Gasteiger partial charge in [-0.3, -0.25) is 0 Å². The van der Waals surface area contributed by atoms with Gasteiger partial charge in [0.25, 0.3) is 0 Å². The van der Waals surface area contributed by atoms with Crippen molar-refractivity contribution in [2.45, 2.75) is 26.7 Å². The largest absolute Gasteiger partial charge is 0.493 e. The number of carbonyl (C=O) groups excluding carboxylic acids is 1. The van der Waals surface area contributed by atoms with Crippen molar-refractivity contribution in [3.05, 3.63) is 23.9 Å². The fourth-order valence-corrected chi connectivity index (χ4v) is 2.03. The maximum absolute atomic E-state index is 11.9. The van der Waals surface area contributed by atoms with Crippen LogP contribution in [0.15, 0.2) is 18.2 Å². The SMILES string of the molecule is CCCCOc1ccc(-c2n[nH]nc2C(=O)OCC)cc1OC. The van der Waals surface area contributed by atoms with Crippen molar-refractivity contribution in [2.24, 2.45) is 0 Å². The zero-order chi connectivity index (χ0) is 16.7. The Morgan fingerprint density at radius 3 is 2.74 bits per heavy atom. The molecule has 1 N–H and O–H groups in total. The number of ether oxygens (including phenoxy) is 3. The summed E-state index contributed by atoms with van der Waals surface area (Å²) < 4.78 is 16.0. The van der Waals surface area contributed by atoms with Crippen LogP contribution in [-0.2, 0) is 4.74 Å². The molecule has 0 fully saturated rings. The lowest BCUT2D eigenvalue weighted by atomic mass is 10.1. The number of esters is 1. The van der Waals surface area contributed by atoms with E-state index in [1.54, 1.807) is 26.2 Å². The summed E-state index contributed by atoms with van der Waals surface area (Å²) in [6, 6.07) is 5.37. The molecule has 2 aromatic rings. The second-order valence-electron chi connectivity index (χ2n) is 4.81. The van der Waals surface area contributed by atoms with E-state index in [0.29, 0.717) is 29.4 Å². The Balaban J connectivity index is 2.27. The lowest BCUT2D eigenvalue weighted by molar-refractivity contribution is 0.0520. The van der Waals surface area contributed by atoms with E-state index in [4.69, 9.17) is 14.2 Å². The number of nitrogens with zero attached hydrogens (tertiary/aromatic N) is 2. The van der Waals surface area contributed by atoms with E-state index in [2.05, 4.69) is 22.3 Å². The van der Waals surface area contributed by atoms with Crippen LogP contribution in [0.5, 0.6) is 11.5 Å². The number of carbonyl (C=O) groups is 1. The van der Waals surface area contributed by atoms with Crippen LogP contribution in [0.1, 0.15) is 37.2 Å². The number of hydrogen-bond acceptors (Lipinski definition) is 6. The second kappa shape index (κ2) is 8.17. The number of rotatable bonds is 8. The molecule has 0 saturated heterocycles. The van der Waals surface area contributed by atoms with Crippen molar-refractivity contribution < 1.29 is 19.0 Å². The van der Waals surface area contributed by atoms with Crippen molar-refractivity contribution >= 4 is 5.97 Å². The van der Waals surface area contributed by atoms with Crippen LogP contribution in [0.25, 0.3) is 11.3 Å². The molecule has 0 amide bonds.